The van der Waals surface area contributed by atoms with Crippen molar-refractivity contribution in [3.63, 3.8) is 0 Å². The van der Waals surface area contributed by atoms with Crippen LogP contribution < -0.4 is 14.8 Å². The zero-order valence-electron chi connectivity index (χ0n) is 17.4. The number of hydrogen-bond donors (Lipinski definition) is 1. The van der Waals surface area contributed by atoms with Gasteiger partial charge < -0.3 is 19.7 Å². The molecule has 0 radical (unpaired) electrons. The van der Waals surface area contributed by atoms with Gasteiger partial charge in [-0.2, -0.15) is 0 Å². The van der Waals surface area contributed by atoms with Crippen LogP contribution in [0.1, 0.15) is 40.2 Å². The predicted molar refractivity (Wildman–Crippen MR) is 117 cm³/mol. The van der Waals surface area contributed by atoms with E-state index in [0.717, 1.165) is 18.4 Å². The third kappa shape index (κ3) is 3.62. The molecular formula is C23H26N2O4S. The Balaban J connectivity index is 1.45. The highest BCUT2D eigenvalue weighted by Gasteiger charge is 2.50. The van der Waals surface area contributed by atoms with Crippen LogP contribution in [-0.4, -0.2) is 48.8 Å². The number of nitrogens with zero attached hydrogens (tertiary/aromatic N) is 1. The third-order valence-corrected chi connectivity index (χ3v) is 7.00. The van der Waals surface area contributed by atoms with Gasteiger partial charge in [-0.25, -0.2) is 0 Å². The number of thioether (sulfide) groups is 1. The lowest BCUT2D eigenvalue weighted by atomic mass is 10.1. The molecule has 2 aliphatic heterocycles. The number of carbonyl (C=O) groups is 2. The normalized spacial score (nSPS) is 20.5. The summed E-state index contributed by atoms with van der Waals surface area (Å²) in [6.45, 7) is 2.01. The van der Waals surface area contributed by atoms with Gasteiger partial charge in [-0.1, -0.05) is 36.4 Å². The van der Waals surface area contributed by atoms with Gasteiger partial charge in [0.15, 0.2) is 11.5 Å². The molecule has 30 heavy (non-hydrogen) atoms. The lowest BCUT2D eigenvalue weighted by molar-refractivity contribution is -0.125. The van der Waals surface area contributed by atoms with Crippen LogP contribution in [0.3, 0.4) is 0 Å². The van der Waals surface area contributed by atoms with E-state index in [9.17, 15) is 9.59 Å². The topological polar surface area (TPSA) is 67.9 Å². The quantitative estimate of drug-likeness (QED) is 0.735. The van der Waals surface area contributed by atoms with Crippen molar-refractivity contribution in [1.82, 2.24) is 10.2 Å². The zero-order chi connectivity index (χ0) is 21.3. The standard InChI is InChI=1S/C23H26N2O4S/c1-14(9-10-15-7-5-4-6-8-15)24-21(26)17-13-30-23-16-11-12-18(28-2)20(29-3)19(16)22(27)25(17)23/h4-8,11-12,14,17,23H,9-10,13H2,1-3H3,(H,24,26). The molecule has 3 unspecified atom stereocenters. The molecule has 1 N–H and O–H groups in total. The highest BCUT2D eigenvalue weighted by Crippen LogP contribution is 2.52. The summed E-state index contributed by atoms with van der Waals surface area (Å²) in [6, 6.07) is 13.5. The van der Waals surface area contributed by atoms with Gasteiger partial charge in [0.2, 0.25) is 5.91 Å². The lowest BCUT2D eigenvalue weighted by Crippen LogP contribution is -2.48. The Hall–Kier alpha value is -2.67. The second kappa shape index (κ2) is 8.60. The molecule has 2 amide bonds. The van der Waals surface area contributed by atoms with E-state index in [1.165, 1.54) is 12.7 Å². The Morgan fingerprint density at radius 2 is 1.97 bits per heavy atom. The van der Waals surface area contributed by atoms with Gasteiger partial charge in [0.05, 0.1) is 19.8 Å². The van der Waals surface area contributed by atoms with Crippen molar-refractivity contribution in [2.45, 2.75) is 37.2 Å². The van der Waals surface area contributed by atoms with Gasteiger partial charge in [0.25, 0.3) is 5.91 Å². The first-order valence-corrected chi connectivity index (χ1v) is 11.1. The number of hydrogen-bond acceptors (Lipinski definition) is 5. The molecule has 2 aliphatic rings. The Morgan fingerprint density at radius 1 is 1.20 bits per heavy atom. The summed E-state index contributed by atoms with van der Waals surface area (Å²) in [5.41, 5.74) is 2.64. The number of benzene rings is 2. The van der Waals surface area contributed by atoms with Crippen molar-refractivity contribution in [3.8, 4) is 11.5 Å². The Bertz CT molecular complexity index is 950. The molecule has 0 aromatic heterocycles. The molecular weight excluding hydrogens is 400 g/mol. The fraction of sp³-hybridized carbons (Fsp3) is 0.391. The number of ether oxygens (including phenoxy) is 2. The number of amides is 2. The average Bonchev–Trinajstić information content (AvgIpc) is 3.32. The monoisotopic (exact) mass is 426 g/mol. The van der Waals surface area contributed by atoms with Crippen molar-refractivity contribution in [2.24, 2.45) is 0 Å². The van der Waals surface area contributed by atoms with E-state index in [0.29, 0.717) is 22.8 Å². The summed E-state index contributed by atoms with van der Waals surface area (Å²) >= 11 is 1.61. The van der Waals surface area contributed by atoms with Crippen molar-refractivity contribution in [2.75, 3.05) is 20.0 Å². The SMILES string of the molecule is COc1ccc2c(c1OC)C(=O)N1C(C(=O)NC(C)CCc3ccccc3)CSC21. The first kappa shape index (κ1) is 20.6. The van der Waals surface area contributed by atoms with Gasteiger partial charge in [-0.15, -0.1) is 11.8 Å². The first-order chi connectivity index (χ1) is 14.5. The van der Waals surface area contributed by atoms with Crippen LogP contribution in [0.5, 0.6) is 11.5 Å². The van der Waals surface area contributed by atoms with E-state index < -0.39 is 6.04 Å². The van der Waals surface area contributed by atoms with Crippen molar-refractivity contribution < 1.29 is 19.1 Å². The molecule has 6 nitrogen and oxygen atoms in total. The van der Waals surface area contributed by atoms with E-state index >= 15 is 0 Å². The fourth-order valence-corrected chi connectivity index (χ4v) is 5.59. The molecule has 1 saturated heterocycles. The Morgan fingerprint density at radius 3 is 2.67 bits per heavy atom. The van der Waals surface area contributed by atoms with Gasteiger partial charge in [-0.05, 0) is 31.4 Å². The van der Waals surface area contributed by atoms with Crippen molar-refractivity contribution >= 4 is 23.6 Å². The van der Waals surface area contributed by atoms with E-state index in [-0.39, 0.29) is 23.2 Å². The minimum Gasteiger partial charge on any atom is -0.493 e. The molecule has 3 atom stereocenters. The summed E-state index contributed by atoms with van der Waals surface area (Å²) in [6.07, 6.45) is 1.74. The van der Waals surface area contributed by atoms with E-state index in [1.54, 1.807) is 23.8 Å². The van der Waals surface area contributed by atoms with Crippen molar-refractivity contribution in [3.05, 3.63) is 59.2 Å². The van der Waals surface area contributed by atoms with Crippen LogP contribution in [-0.2, 0) is 11.2 Å². The molecule has 0 spiro atoms. The molecule has 7 heteroatoms. The Labute approximate surface area is 180 Å². The second-order valence-electron chi connectivity index (χ2n) is 7.61. The van der Waals surface area contributed by atoms with Crippen LogP contribution >= 0.6 is 11.8 Å². The van der Waals surface area contributed by atoms with Crippen LogP contribution in [0, 0.1) is 0 Å². The van der Waals surface area contributed by atoms with E-state index in [2.05, 4.69) is 17.4 Å². The molecule has 4 rings (SSSR count). The summed E-state index contributed by atoms with van der Waals surface area (Å²) in [7, 11) is 3.08. The first-order valence-electron chi connectivity index (χ1n) is 10.1. The summed E-state index contributed by atoms with van der Waals surface area (Å²) < 4.78 is 10.8. The molecule has 158 valence electrons. The molecule has 0 saturated carbocycles. The number of methoxy groups -OCH3 is 2. The predicted octanol–water partition coefficient (Wildman–Crippen LogP) is 3.41. The largest absolute Gasteiger partial charge is 0.493 e. The summed E-state index contributed by atoms with van der Waals surface area (Å²) in [5, 5.41) is 2.94. The zero-order valence-corrected chi connectivity index (χ0v) is 18.2. The lowest BCUT2D eigenvalue weighted by Gasteiger charge is -2.24. The van der Waals surface area contributed by atoms with Crippen molar-refractivity contribution in [1.29, 1.82) is 0 Å². The minimum atomic E-state index is -0.491. The average molecular weight is 427 g/mol. The maximum absolute atomic E-state index is 13.2. The summed E-state index contributed by atoms with van der Waals surface area (Å²) in [5.74, 6) is 1.27. The van der Waals surface area contributed by atoms with Crippen LogP contribution in [0.4, 0.5) is 0 Å². The molecule has 0 aliphatic carbocycles. The van der Waals surface area contributed by atoms with Crippen LogP contribution in [0.2, 0.25) is 0 Å². The molecule has 0 bridgehead atoms. The maximum atomic E-state index is 13.2. The van der Waals surface area contributed by atoms with Crippen LogP contribution in [0.25, 0.3) is 0 Å². The number of carbonyl (C=O) groups excluding carboxylic acids is 2. The number of rotatable bonds is 7. The number of aryl methyl sites for hydroxylation is 1. The smallest absolute Gasteiger partial charge is 0.260 e. The molecule has 2 heterocycles. The molecule has 2 aromatic rings. The molecule has 2 aromatic carbocycles. The minimum absolute atomic E-state index is 0.0245. The second-order valence-corrected chi connectivity index (χ2v) is 8.73. The highest BCUT2D eigenvalue weighted by atomic mass is 32.2. The van der Waals surface area contributed by atoms with E-state index in [4.69, 9.17) is 9.47 Å². The number of fused-ring (bicyclic) bond motifs is 3. The van der Waals surface area contributed by atoms with Gasteiger partial charge in [-0.3, -0.25) is 9.59 Å². The number of nitrogens with one attached hydrogen (secondary N) is 1. The van der Waals surface area contributed by atoms with Gasteiger partial charge in [0.1, 0.15) is 11.4 Å². The maximum Gasteiger partial charge on any atom is 0.260 e. The van der Waals surface area contributed by atoms with Gasteiger partial charge >= 0.3 is 0 Å². The van der Waals surface area contributed by atoms with Crippen LogP contribution in [0.15, 0.2) is 42.5 Å². The summed E-state index contributed by atoms with van der Waals surface area (Å²) in [4.78, 5) is 27.9. The highest BCUT2D eigenvalue weighted by molar-refractivity contribution is 7.99. The molecule has 1 fully saturated rings. The Kier molecular flexibility index (Phi) is 5.90. The van der Waals surface area contributed by atoms with Gasteiger partial charge in [0, 0.05) is 17.4 Å². The van der Waals surface area contributed by atoms with E-state index in [1.807, 2.05) is 37.3 Å². The third-order valence-electron chi connectivity index (χ3n) is 5.69. The fourth-order valence-electron chi connectivity index (χ4n) is 4.13.